The molecule has 2 heterocycles. The number of ketones is 1. The van der Waals surface area contributed by atoms with Crippen LogP contribution >= 0.6 is 0 Å². The van der Waals surface area contributed by atoms with Crippen LogP contribution in [0.5, 0.6) is 0 Å². The fourth-order valence-electron chi connectivity index (χ4n) is 7.37. The lowest BCUT2D eigenvalue weighted by Gasteiger charge is -2.38. The molecular formula is C28H42O6. The lowest BCUT2D eigenvalue weighted by molar-refractivity contribution is -0.175. The van der Waals surface area contributed by atoms with Crippen LogP contribution < -0.4 is 0 Å². The molecule has 0 aromatic heterocycles. The average Bonchev–Trinajstić information content (AvgIpc) is 3.07. The van der Waals surface area contributed by atoms with Gasteiger partial charge in [0.2, 0.25) is 0 Å². The highest BCUT2D eigenvalue weighted by atomic mass is 16.6. The molecule has 34 heavy (non-hydrogen) atoms. The van der Waals surface area contributed by atoms with Gasteiger partial charge >= 0.3 is 11.9 Å². The first-order chi connectivity index (χ1) is 16.0. The smallest absolute Gasteiger partial charge is 0.306 e. The number of esters is 2. The van der Waals surface area contributed by atoms with E-state index >= 15 is 0 Å². The predicted molar refractivity (Wildman–Crippen MR) is 128 cm³/mol. The van der Waals surface area contributed by atoms with Gasteiger partial charge in [-0.2, -0.15) is 0 Å². The summed E-state index contributed by atoms with van der Waals surface area (Å²) in [6, 6.07) is 0. The van der Waals surface area contributed by atoms with Crippen molar-refractivity contribution in [1.29, 1.82) is 0 Å². The molecule has 6 nitrogen and oxygen atoms in total. The third kappa shape index (κ3) is 3.94. The fourth-order valence-corrected chi connectivity index (χ4v) is 7.37. The maximum absolute atomic E-state index is 14.0. The molecule has 0 radical (unpaired) electrons. The molecule has 4 aliphatic rings. The summed E-state index contributed by atoms with van der Waals surface area (Å²) in [6.07, 6.45) is 2.65. The van der Waals surface area contributed by atoms with E-state index in [0.29, 0.717) is 43.9 Å². The summed E-state index contributed by atoms with van der Waals surface area (Å²) in [5.74, 6) is -0.673. The second-order valence-electron chi connectivity index (χ2n) is 11.8. The van der Waals surface area contributed by atoms with E-state index in [2.05, 4.69) is 20.4 Å². The molecule has 0 amide bonds. The molecule has 2 bridgehead atoms. The SMILES string of the molecule is C=C1CC[C@H]2[C@@H]([C@@H]3O[C@]4(C[C@H](C)[C@H](OC(=O)CCC)[C@@H]4[C@H]1OC(=O)CCC)C(=O)[C@H]3C)C2(C)C. The maximum Gasteiger partial charge on any atom is 0.306 e. The van der Waals surface area contributed by atoms with Gasteiger partial charge in [-0.3, -0.25) is 14.4 Å². The molecule has 6 heteroatoms. The van der Waals surface area contributed by atoms with E-state index in [1.165, 1.54) is 0 Å². The van der Waals surface area contributed by atoms with Gasteiger partial charge < -0.3 is 14.2 Å². The second kappa shape index (κ2) is 9.07. The van der Waals surface area contributed by atoms with Crippen LogP contribution in [-0.4, -0.2) is 41.6 Å². The highest BCUT2D eigenvalue weighted by Crippen LogP contribution is 2.67. The first-order valence-electron chi connectivity index (χ1n) is 13.3. The van der Waals surface area contributed by atoms with Crippen molar-refractivity contribution in [3.05, 3.63) is 12.2 Å². The first kappa shape index (κ1) is 25.4. The van der Waals surface area contributed by atoms with Crippen molar-refractivity contribution in [2.24, 2.45) is 35.0 Å². The normalized spacial score (nSPS) is 42.5. The van der Waals surface area contributed by atoms with Crippen LogP contribution in [0.1, 0.15) is 86.5 Å². The Kier molecular flexibility index (Phi) is 6.78. The minimum absolute atomic E-state index is 0.0658. The lowest BCUT2D eigenvalue weighted by Crippen LogP contribution is -2.52. The molecular weight excluding hydrogens is 432 g/mol. The summed E-state index contributed by atoms with van der Waals surface area (Å²) < 4.78 is 19.0. The third-order valence-electron chi connectivity index (χ3n) is 9.18. The highest BCUT2D eigenvalue weighted by Gasteiger charge is 2.73. The second-order valence-corrected chi connectivity index (χ2v) is 11.8. The van der Waals surface area contributed by atoms with E-state index < -0.39 is 23.7 Å². The Labute approximate surface area is 204 Å². The zero-order valence-electron chi connectivity index (χ0n) is 21.7. The first-order valence-corrected chi connectivity index (χ1v) is 13.3. The van der Waals surface area contributed by atoms with Crippen LogP contribution in [-0.2, 0) is 28.6 Å². The molecule has 190 valence electrons. The minimum Gasteiger partial charge on any atom is -0.461 e. The fraction of sp³-hybridized carbons (Fsp3) is 0.821. The van der Waals surface area contributed by atoms with E-state index in [4.69, 9.17) is 14.2 Å². The summed E-state index contributed by atoms with van der Waals surface area (Å²) in [6.45, 7) is 16.7. The zero-order valence-corrected chi connectivity index (χ0v) is 21.7. The Morgan fingerprint density at radius 3 is 2.29 bits per heavy atom. The van der Waals surface area contributed by atoms with Crippen molar-refractivity contribution in [1.82, 2.24) is 0 Å². The molecule has 4 rings (SSSR count). The van der Waals surface area contributed by atoms with E-state index in [-0.39, 0.29) is 41.1 Å². The molecule has 0 N–H and O–H groups in total. The molecule has 1 spiro atoms. The van der Waals surface area contributed by atoms with Crippen LogP contribution in [0.4, 0.5) is 0 Å². The summed E-state index contributed by atoms with van der Waals surface area (Å²) >= 11 is 0. The Bertz CT molecular complexity index is 861. The predicted octanol–water partition coefficient (Wildman–Crippen LogP) is 5.03. The van der Waals surface area contributed by atoms with Gasteiger partial charge in [0.25, 0.3) is 0 Å². The standard InChI is InChI=1S/C28H42O6/c1-8-10-19(29)32-23-15(3)12-13-18-21(27(18,6)7)25-17(5)26(31)28(34-25)14-16(4)24(22(23)28)33-20(30)11-9-2/h16-18,21-25H,3,8-14H2,1-2,4-7H3/t16-,17-,18-,21-,22-,23-,24-,25+,28-/m0/s1. The van der Waals surface area contributed by atoms with Crippen LogP contribution in [0, 0.1) is 35.0 Å². The highest BCUT2D eigenvalue weighted by molar-refractivity contribution is 5.93. The number of carbonyl (C=O) groups excluding carboxylic acids is 3. The third-order valence-corrected chi connectivity index (χ3v) is 9.18. The van der Waals surface area contributed by atoms with Crippen LogP contribution in [0.3, 0.4) is 0 Å². The minimum atomic E-state index is -1.12. The quantitative estimate of drug-likeness (QED) is 0.397. The molecule has 2 saturated carbocycles. The Hall–Kier alpha value is -1.69. The topological polar surface area (TPSA) is 78.9 Å². The zero-order chi connectivity index (χ0) is 25.0. The number of carbonyl (C=O) groups is 3. The lowest BCUT2D eigenvalue weighted by atomic mass is 9.77. The van der Waals surface area contributed by atoms with Crippen molar-refractivity contribution >= 4 is 17.7 Å². The van der Waals surface area contributed by atoms with Gasteiger partial charge in [-0.25, -0.2) is 0 Å². The van der Waals surface area contributed by atoms with E-state index in [1.807, 2.05) is 27.7 Å². The van der Waals surface area contributed by atoms with Gasteiger partial charge in [-0.15, -0.1) is 0 Å². The summed E-state index contributed by atoms with van der Waals surface area (Å²) in [7, 11) is 0. The van der Waals surface area contributed by atoms with Crippen LogP contribution in [0.15, 0.2) is 12.2 Å². The van der Waals surface area contributed by atoms with E-state index in [0.717, 1.165) is 18.4 Å². The number of rotatable bonds is 6. The van der Waals surface area contributed by atoms with Crippen molar-refractivity contribution in [3.63, 3.8) is 0 Å². The number of Topliss-reactive ketones (excluding diaryl/α,β-unsaturated/α-hetero) is 1. The average molecular weight is 475 g/mol. The van der Waals surface area contributed by atoms with Gasteiger partial charge in [0.05, 0.1) is 12.0 Å². The van der Waals surface area contributed by atoms with Gasteiger partial charge in [0.15, 0.2) is 5.78 Å². The van der Waals surface area contributed by atoms with Gasteiger partial charge in [-0.05, 0) is 60.8 Å². The Balaban J connectivity index is 1.79. The van der Waals surface area contributed by atoms with Crippen molar-refractivity contribution in [2.75, 3.05) is 0 Å². The van der Waals surface area contributed by atoms with Gasteiger partial charge in [-0.1, -0.05) is 48.1 Å². The number of ether oxygens (including phenoxy) is 3. The number of hydrogen-bond acceptors (Lipinski definition) is 6. The molecule has 4 fully saturated rings. The van der Waals surface area contributed by atoms with Crippen molar-refractivity contribution in [3.8, 4) is 0 Å². The molecule has 2 aliphatic carbocycles. The molecule has 9 atom stereocenters. The van der Waals surface area contributed by atoms with Crippen molar-refractivity contribution < 1.29 is 28.6 Å². The number of hydrogen-bond donors (Lipinski definition) is 0. The molecule has 2 saturated heterocycles. The largest absolute Gasteiger partial charge is 0.461 e. The Morgan fingerprint density at radius 2 is 1.68 bits per heavy atom. The summed E-state index contributed by atoms with van der Waals surface area (Å²) in [5.41, 5.74) is -0.229. The van der Waals surface area contributed by atoms with E-state index in [1.54, 1.807) is 0 Å². The van der Waals surface area contributed by atoms with E-state index in [9.17, 15) is 14.4 Å². The molecule has 0 aromatic rings. The van der Waals surface area contributed by atoms with Crippen LogP contribution in [0.25, 0.3) is 0 Å². The number of fused-ring (bicyclic) bond motifs is 3. The monoisotopic (exact) mass is 474 g/mol. The molecule has 0 aromatic carbocycles. The van der Waals surface area contributed by atoms with Crippen molar-refractivity contribution in [2.45, 2.75) is 110 Å². The Morgan fingerprint density at radius 1 is 1.06 bits per heavy atom. The van der Waals surface area contributed by atoms with Crippen LogP contribution in [0.2, 0.25) is 0 Å². The summed E-state index contributed by atoms with van der Waals surface area (Å²) in [4.78, 5) is 39.4. The molecule has 0 unspecified atom stereocenters. The van der Waals surface area contributed by atoms with Gasteiger partial charge in [0, 0.05) is 18.8 Å². The summed E-state index contributed by atoms with van der Waals surface area (Å²) in [5, 5.41) is 0. The van der Waals surface area contributed by atoms with Gasteiger partial charge in [0.1, 0.15) is 17.8 Å². The molecule has 2 aliphatic heterocycles. The maximum atomic E-state index is 14.0.